The molecule has 1 aliphatic carbocycles. The largest absolute Gasteiger partial charge is 0.455 e. The summed E-state index contributed by atoms with van der Waals surface area (Å²) in [5.74, 6) is -4.85. The summed E-state index contributed by atoms with van der Waals surface area (Å²) in [6.45, 7) is 0. The Labute approximate surface area is 130 Å². The van der Waals surface area contributed by atoms with Crippen molar-refractivity contribution >= 4 is 0 Å². The average Bonchev–Trinajstić information content (AvgIpc) is 2.84. The van der Waals surface area contributed by atoms with Crippen LogP contribution in [-0.2, 0) is 6.42 Å². The molecule has 23 heavy (non-hydrogen) atoms. The number of fused-ring (bicyclic) bond motifs is 3. The van der Waals surface area contributed by atoms with Crippen LogP contribution in [0.3, 0.4) is 0 Å². The predicted octanol–water partition coefficient (Wildman–Crippen LogP) is 4.72. The van der Waals surface area contributed by atoms with Crippen LogP contribution >= 0.6 is 0 Å². The third-order valence-electron chi connectivity index (χ3n) is 4.18. The van der Waals surface area contributed by atoms with Crippen LogP contribution in [0.2, 0.25) is 0 Å². The van der Waals surface area contributed by atoms with Crippen LogP contribution in [0.4, 0.5) is 22.0 Å². The van der Waals surface area contributed by atoms with Gasteiger partial charge in [0.2, 0.25) is 0 Å². The van der Waals surface area contributed by atoms with Gasteiger partial charge in [-0.15, -0.1) is 0 Å². The second-order valence-corrected chi connectivity index (χ2v) is 5.59. The highest BCUT2D eigenvalue weighted by molar-refractivity contribution is 5.77. The highest BCUT2D eigenvalue weighted by Crippen LogP contribution is 2.46. The zero-order valence-corrected chi connectivity index (χ0v) is 12.2. The van der Waals surface area contributed by atoms with E-state index in [1.807, 2.05) is 24.3 Å². The SMILES string of the molecule is CNC(c1ccc2c(c1)Cc1ccccc1-2)C(F)(F)C(F)(F)F. The van der Waals surface area contributed by atoms with Gasteiger partial charge in [0, 0.05) is 0 Å². The van der Waals surface area contributed by atoms with Crippen molar-refractivity contribution in [3.05, 3.63) is 59.2 Å². The van der Waals surface area contributed by atoms with E-state index in [1.54, 1.807) is 6.07 Å². The third kappa shape index (κ3) is 2.51. The highest BCUT2D eigenvalue weighted by atomic mass is 19.4. The average molecular weight is 327 g/mol. The van der Waals surface area contributed by atoms with E-state index < -0.39 is 18.1 Å². The summed E-state index contributed by atoms with van der Waals surface area (Å²) in [6.07, 6.45) is -5.07. The van der Waals surface area contributed by atoms with Crippen molar-refractivity contribution in [2.45, 2.75) is 24.6 Å². The number of hydrogen-bond donors (Lipinski definition) is 1. The summed E-state index contributed by atoms with van der Waals surface area (Å²) in [5, 5.41) is 2.11. The zero-order valence-electron chi connectivity index (χ0n) is 12.2. The van der Waals surface area contributed by atoms with Crippen LogP contribution in [0.1, 0.15) is 22.7 Å². The van der Waals surface area contributed by atoms with Crippen molar-refractivity contribution < 1.29 is 22.0 Å². The lowest BCUT2D eigenvalue weighted by Gasteiger charge is -2.29. The Kier molecular flexibility index (Phi) is 3.67. The van der Waals surface area contributed by atoms with E-state index in [-0.39, 0.29) is 5.56 Å². The van der Waals surface area contributed by atoms with Crippen molar-refractivity contribution in [1.82, 2.24) is 5.32 Å². The predicted molar refractivity (Wildman–Crippen MR) is 77.5 cm³/mol. The van der Waals surface area contributed by atoms with Crippen molar-refractivity contribution in [3.8, 4) is 11.1 Å². The molecule has 1 unspecified atom stereocenters. The molecule has 0 spiro atoms. The number of nitrogens with one attached hydrogen (secondary N) is 1. The molecule has 1 N–H and O–H groups in total. The Hall–Kier alpha value is -1.95. The van der Waals surface area contributed by atoms with Crippen molar-refractivity contribution in [2.75, 3.05) is 7.05 Å². The number of benzene rings is 2. The number of hydrogen-bond acceptors (Lipinski definition) is 1. The lowest BCUT2D eigenvalue weighted by atomic mass is 9.95. The maximum absolute atomic E-state index is 13.7. The van der Waals surface area contributed by atoms with Crippen LogP contribution in [0, 0.1) is 0 Å². The van der Waals surface area contributed by atoms with E-state index in [2.05, 4.69) is 5.32 Å². The minimum atomic E-state index is -5.61. The Bertz CT molecular complexity index is 736. The monoisotopic (exact) mass is 327 g/mol. The molecule has 0 radical (unpaired) electrons. The summed E-state index contributed by atoms with van der Waals surface area (Å²) < 4.78 is 65.4. The molecule has 6 heteroatoms. The molecule has 2 aromatic carbocycles. The van der Waals surface area contributed by atoms with E-state index in [1.165, 1.54) is 12.1 Å². The van der Waals surface area contributed by atoms with Crippen molar-refractivity contribution in [3.63, 3.8) is 0 Å². The maximum atomic E-state index is 13.7. The Morgan fingerprint density at radius 1 is 0.913 bits per heavy atom. The van der Waals surface area contributed by atoms with Gasteiger partial charge in [0.05, 0.1) is 0 Å². The van der Waals surface area contributed by atoms with Gasteiger partial charge < -0.3 is 5.32 Å². The smallest absolute Gasteiger partial charge is 0.308 e. The van der Waals surface area contributed by atoms with Crippen LogP contribution < -0.4 is 5.32 Å². The minimum absolute atomic E-state index is 0.0682. The normalized spacial score (nSPS) is 15.2. The molecule has 0 bridgehead atoms. The molecule has 0 heterocycles. The van der Waals surface area contributed by atoms with Gasteiger partial charge in [0.25, 0.3) is 0 Å². The Balaban J connectivity index is 2.01. The van der Waals surface area contributed by atoms with E-state index >= 15 is 0 Å². The molecular weight excluding hydrogens is 313 g/mol. The fourth-order valence-electron chi connectivity index (χ4n) is 3.07. The van der Waals surface area contributed by atoms with E-state index in [0.717, 1.165) is 29.3 Å². The van der Waals surface area contributed by atoms with Gasteiger partial charge in [-0.05, 0) is 41.3 Å². The van der Waals surface area contributed by atoms with Gasteiger partial charge in [-0.3, -0.25) is 0 Å². The molecule has 0 aromatic heterocycles. The summed E-state index contributed by atoms with van der Waals surface area (Å²) in [4.78, 5) is 0. The molecule has 0 amide bonds. The summed E-state index contributed by atoms with van der Waals surface area (Å²) >= 11 is 0. The van der Waals surface area contributed by atoms with Gasteiger partial charge in [0.15, 0.2) is 0 Å². The van der Waals surface area contributed by atoms with Crippen molar-refractivity contribution in [1.29, 1.82) is 0 Å². The molecule has 122 valence electrons. The van der Waals surface area contributed by atoms with Crippen LogP contribution in [0.25, 0.3) is 11.1 Å². The molecule has 1 nitrogen and oxygen atoms in total. The molecule has 1 atom stereocenters. The summed E-state index contributed by atoms with van der Waals surface area (Å²) in [6, 6.07) is 9.87. The third-order valence-corrected chi connectivity index (χ3v) is 4.18. The minimum Gasteiger partial charge on any atom is -0.308 e. The standard InChI is InChI=1S/C17H14F5N/c1-23-15(16(18,19)17(20,21)22)11-6-7-14-12(9-11)8-10-4-2-3-5-13(10)14/h2-7,9,15,23H,8H2,1H3. The van der Waals surface area contributed by atoms with Gasteiger partial charge in [-0.25, -0.2) is 0 Å². The molecule has 2 aromatic rings. The first-order valence-electron chi connectivity index (χ1n) is 7.08. The Morgan fingerprint density at radius 3 is 2.22 bits per heavy atom. The van der Waals surface area contributed by atoms with E-state index in [9.17, 15) is 22.0 Å². The zero-order chi connectivity index (χ0) is 16.8. The first-order chi connectivity index (χ1) is 10.8. The van der Waals surface area contributed by atoms with E-state index in [4.69, 9.17) is 0 Å². The van der Waals surface area contributed by atoms with Crippen molar-refractivity contribution in [2.24, 2.45) is 0 Å². The molecule has 1 aliphatic rings. The molecule has 0 saturated heterocycles. The lowest BCUT2D eigenvalue weighted by Crippen LogP contribution is -2.47. The van der Waals surface area contributed by atoms with E-state index in [0.29, 0.717) is 6.42 Å². The highest BCUT2D eigenvalue weighted by Gasteiger charge is 2.62. The van der Waals surface area contributed by atoms with Crippen LogP contribution in [0.15, 0.2) is 42.5 Å². The number of halogens is 5. The van der Waals surface area contributed by atoms with Gasteiger partial charge in [0.1, 0.15) is 6.04 Å². The molecule has 3 rings (SSSR count). The van der Waals surface area contributed by atoms with Crippen LogP contribution in [0.5, 0.6) is 0 Å². The maximum Gasteiger partial charge on any atom is 0.455 e. The Morgan fingerprint density at radius 2 is 1.57 bits per heavy atom. The van der Waals surface area contributed by atoms with Gasteiger partial charge >= 0.3 is 12.1 Å². The summed E-state index contributed by atoms with van der Waals surface area (Å²) in [5.41, 5.74) is 3.62. The fraction of sp³-hybridized carbons (Fsp3) is 0.294. The second-order valence-electron chi connectivity index (χ2n) is 5.59. The molecule has 0 fully saturated rings. The van der Waals surface area contributed by atoms with Gasteiger partial charge in [-0.1, -0.05) is 42.5 Å². The second kappa shape index (κ2) is 5.30. The quantitative estimate of drug-likeness (QED) is 0.687. The molecule has 0 aliphatic heterocycles. The summed E-state index contributed by atoms with van der Waals surface area (Å²) in [7, 11) is 1.10. The van der Waals surface area contributed by atoms with Crippen LogP contribution in [-0.4, -0.2) is 19.1 Å². The molecule has 0 saturated carbocycles. The number of rotatable bonds is 3. The topological polar surface area (TPSA) is 12.0 Å². The molecular formula is C17H14F5N. The first-order valence-corrected chi connectivity index (χ1v) is 7.08. The van der Waals surface area contributed by atoms with Gasteiger partial charge in [-0.2, -0.15) is 22.0 Å². The lowest BCUT2D eigenvalue weighted by molar-refractivity contribution is -0.293. The number of alkyl halides is 5. The first kappa shape index (κ1) is 15.9. The fourth-order valence-corrected chi connectivity index (χ4v) is 3.07.